The molecule has 1 unspecified atom stereocenters. The molecule has 0 bridgehead atoms. The molecule has 8 heteroatoms. The first-order valence-electron chi connectivity index (χ1n) is 10.7. The number of halogens is 1. The number of nitrogens with zero attached hydrogens (tertiary/aromatic N) is 2. The van der Waals surface area contributed by atoms with E-state index in [0.29, 0.717) is 12.2 Å². The lowest BCUT2D eigenvalue weighted by Gasteiger charge is -2.41. The van der Waals surface area contributed by atoms with E-state index < -0.39 is 23.7 Å². The van der Waals surface area contributed by atoms with Crippen LogP contribution in [0.3, 0.4) is 0 Å². The number of hydrogen-bond acceptors (Lipinski definition) is 6. The highest BCUT2D eigenvalue weighted by Gasteiger charge is 2.44. The Bertz CT molecular complexity index is 1010. The van der Waals surface area contributed by atoms with Gasteiger partial charge in [0, 0.05) is 19.2 Å². The molecule has 1 atom stereocenters. The molecule has 1 fully saturated rings. The van der Waals surface area contributed by atoms with E-state index in [2.05, 4.69) is 0 Å². The van der Waals surface area contributed by atoms with Crippen molar-refractivity contribution in [2.45, 2.75) is 32.9 Å². The van der Waals surface area contributed by atoms with Crippen molar-refractivity contribution in [3.8, 4) is 5.75 Å². The van der Waals surface area contributed by atoms with Gasteiger partial charge in [-0.05, 0) is 42.2 Å². The van der Waals surface area contributed by atoms with Crippen LogP contribution in [0.4, 0.5) is 4.39 Å². The van der Waals surface area contributed by atoms with Gasteiger partial charge in [0.1, 0.15) is 23.3 Å². The number of carbonyl (C=O) groups excluding carboxylic acids is 2. The second-order valence-corrected chi connectivity index (χ2v) is 8.15. The van der Waals surface area contributed by atoms with Crippen molar-refractivity contribution < 1.29 is 28.3 Å². The summed E-state index contributed by atoms with van der Waals surface area (Å²) >= 11 is 0. The van der Waals surface area contributed by atoms with Crippen LogP contribution in [-0.2, 0) is 25.7 Å². The van der Waals surface area contributed by atoms with Gasteiger partial charge in [-0.1, -0.05) is 44.2 Å². The van der Waals surface area contributed by atoms with Crippen LogP contribution in [0.5, 0.6) is 5.75 Å². The van der Waals surface area contributed by atoms with Crippen molar-refractivity contribution in [3.05, 3.63) is 71.2 Å². The summed E-state index contributed by atoms with van der Waals surface area (Å²) in [5.74, 6) is -0.767. The number of ether oxygens (including phenoxy) is 2. The van der Waals surface area contributed by atoms with E-state index in [9.17, 15) is 14.0 Å². The quantitative estimate of drug-likeness (QED) is 0.323. The van der Waals surface area contributed by atoms with Gasteiger partial charge in [0.15, 0.2) is 6.79 Å². The number of hydroxylamine groups is 2. The molecule has 7 nitrogen and oxygen atoms in total. The largest absolute Gasteiger partial charge is 0.497 e. The number of piperazine rings is 1. The van der Waals surface area contributed by atoms with E-state index >= 15 is 0 Å². The third-order valence-corrected chi connectivity index (χ3v) is 5.28. The minimum Gasteiger partial charge on any atom is -0.497 e. The summed E-state index contributed by atoms with van der Waals surface area (Å²) in [5.41, 5.74) is 1.28. The van der Waals surface area contributed by atoms with Gasteiger partial charge in [-0.15, -0.1) is 5.06 Å². The van der Waals surface area contributed by atoms with Crippen molar-refractivity contribution in [1.82, 2.24) is 9.96 Å². The minimum absolute atomic E-state index is 0.157. The molecule has 1 aliphatic rings. The maximum Gasteiger partial charge on any atom is 0.301 e. The third-order valence-electron chi connectivity index (χ3n) is 5.28. The molecule has 1 saturated heterocycles. The van der Waals surface area contributed by atoms with Crippen LogP contribution in [0.1, 0.15) is 31.4 Å². The zero-order valence-electron chi connectivity index (χ0n) is 19.3. The Hall–Kier alpha value is -3.23. The Morgan fingerprint density at radius 3 is 2.36 bits per heavy atom. The number of carbonyl (C=O) groups is 2. The summed E-state index contributed by atoms with van der Waals surface area (Å²) in [6.45, 7) is 4.00. The number of imide groups is 1. The highest BCUT2D eigenvalue weighted by Crippen LogP contribution is 2.30. The topological polar surface area (TPSA) is 68.3 Å². The first kappa shape index (κ1) is 24.4. The molecular formula is C25H29FN2O5. The molecule has 33 heavy (non-hydrogen) atoms. The van der Waals surface area contributed by atoms with Gasteiger partial charge in [-0.25, -0.2) is 9.23 Å². The molecule has 2 aromatic carbocycles. The maximum absolute atomic E-state index is 14.5. The highest BCUT2D eigenvalue weighted by atomic mass is 19.1. The lowest BCUT2D eigenvalue weighted by molar-refractivity contribution is -0.226. The molecular weight excluding hydrogens is 427 g/mol. The Kier molecular flexibility index (Phi) is 8.19. The van der Waals surface area contributed by atoms with Gasteiger partial charge in [0.2, 0.25) is 0 Å². The Morgan fingerprint density at radius 2 is 1.76 bits per heavy atom. The van der Waals surface area contributed by atoms with E-state index in [4.69, 9.17) is 14.3 Å². The zero-order valence-corrected chi connectivity index (χ0v) is 19.3. The summed E-state index contributed by atoms with van der Waals surface area (Å²) in [7, 11) is 2.98. The number of amides is 2. The molecule has 0 radical (unpaired) electrons. The Balaban J connectivity index is 2.09. The van der Waals surface area contributed by atoms with E-state index in [1.54, 1.807) is 30.2 Å². The summed E-state index contributed by atoms with van der Waals surface area (Å²) in [6.07, 6.45) is 1.94. The maximum atomic E-state index is 14.5. The second-order valence-electron chi connectivity index (χ2n) is 8.15. The average molecular weight is 457 g/mol. The molecule has 3 rings (SSSR count). The van der Waals surface area contributed by atoms with E-state index in [-0.39, 0.29) is 30.5 Å². The number of rotatable bonds is 9. The third kappa shape index (κ3) is 5.77. The fraction of sp³-hybridized carbons (Fsp3) is 0.360. The summed E-state index contributed by atoms with van der Waals surface area (Å²) in [4.78, 5) is 33.7. The van der Waals surface area contributed by atoms with Crippen LogP contribution >= 0.6 is 0 Å². The van der Waals surface area contributed by atoms with E-state index in [0.717, 1.165) is 10.6 Å². The van der Waals surface area contributed by atoms with Gasteiger partial charge in [-0.3, -0.25) is 9.59 Å². The van der Waals surface area contributed by atoms with E-state index in [1.165, 1.54) is 19.3 Å². The van der Waals surface area contributed by atoms with Gasteiger partial charge >= 0.3 is 5.91 Å². The smallest absolute Gasteiger partial charge is 0.301 e. The SMILES string of the molecule is COCON1C(=O)/C(=C\c2ccccc2F)N(Cc2ccc(OC)cc2)C(CC(C)C)C1=O. The van der Waals surface area contributed by atoms with Gasteiger partial charge in [-0.2, -0.15) is 0 Å². The monoisotopic (exact) mass is 456 g/mol. The standard InChI is InChI=1S/C25H29FN2O5/c1-17(2)13-22-24(29)28(33-16-31-3)25(30)23(14-19-7-5-6-8-21(19)26)27(22)15-18-9-11-20(32-4)12-10-18/h5-12,14,17,22H,13,15-16H2,1-4H3/b23-14+. The molecule has 0 aliphatic carbocycles. The van der Waals surface area contributed by atoms with Crippen molar-refractivity contribution in [2.24, 2.45) is 5.92 Å². The summed E-state index contributed by atoms with van der Waals surface area (Å²) in [6, 6.07) is 12.9. The zero-order chi connectivity index (χ0) is 24.0. The van der Waals surface area contributed by atoms with Gasteiger partial charge in [0.05, 0.1) is 7.11 Å². The molecule has 2 aromatic rings. The molecule has 1 aliphatic heterocycles. The predicted octanol–water partition coefficient (Wildman–Crippen LogP) is 4.00. The molecule has 0 N–H and O–H groups in total. The van der Waals surface area contributed by atoms with Crippen LogP contribution in [0.25, 0.3) is 6.08 Å². The Morgan fingerprint density at radius 1 is 1.06 bits per heavy atom. The molecule has 0 aromatic heterocycles. The first-order valence-corrected chi connectivity index (χ1v) is 10.7. The number of hydrogen-bond donors (Lipinski definition) is 0. The van der Waals surface area contributed by atoms with Crippen molar-refractivity contribution in [2.75, 3.05) is 21.0 Å². The molecule has 0 spiro atoms. The van der Waals surface area contributed by atoms with Crippen LogP contribution in [0.15, 0.2) is 54.2 Å². The van der Waals surface area contributed by atoms with Crippen LogP contribution in [0.2, 0.25) is 0 Å². The first-order chi connectivity index (χ1) is 15.8. The highest BCUT2D eigenvalue weighted by molar-refractivity contribution is 6.09. The summed E-state index contributed by atoms with van der Waals surface area (Å²) in [5, 5.41) is 0.730. The minimum atomic E-state index is -0.681. The van der Waals surface area contributed by atoms with Crippen molar-refractivity contribution in [1.29, 1.82) is 0 Å². The predicted molar refractivity (Wildman–Crippen MR) is 121 cm³/mol. The lowest BCUT2D eigenvalue weighted by atomic mass is 9.97. The molecule has 176 valence electrons. The lowest BCUT2D eigenvalue weighted by Crippen LogP contribution is -2.58. The molecule has 1 heterocycles. The summed E-state index contributed by atoms with van der Waals surface area (Å²) < 4.78 is 24.6. The second kappa shape index (κ2) is 11.1. The number of methoxy groups -OCH3 is 2. The molecule has 2 amide bonds. The normalized spacial score (nSPS) is 17.9. The fourth-order valence-electron chi connectivity index (χ4n) is 3.67. The van der Waals surface area contributed by atoms with Crippen molar-refractivity contribution in [3.63, 3.8) is 0 Å². The fourth-order valence-corrected chi connectivity index (χ4v) is 3.67. The van der Waals surface area contributed by atoms with Gasteiger partial charge in [0.25, 0.3) is 5.91 Å². The number of benzene rings is 2. The van der Waals surface area contributed by atoms with Crippen LogP contribution in [0, 0.1) is 11.7 Å². The van der Waals surface area contributed by atoms with Crippen molar-refractivity contribution >= 4 is 17.9 Å². The average Bonchev–Trinajstić information content (AvgIpc) is 2.80. The van der Waals surface area contributed by atoms with E-state index in [1.807, 2.05) is 38.1 Å². The Labute approximate surface area is 193 Å². The molecule has 0 saturated carbocycles. The van der Waals surface area contributed by atoms with Crippen LogP contribution in [-0.4, -0.2) is 48.8 Å². The van der Waals surface area contributed by atoms with Crippen LogP contribution < -0.4 is 4.74 Å². The van der Waals surface area contributed by atoms with Gasteiger partial charge < -0.3 is 14.4 Å².